The Morgan fingerprint density at radius 1 is 1.44 bits per heavy atom. The molecule has 5 heteroatoms. The zero-order valence-electron chi connectivity index (χ0n) is 11.3. The van der Waals surface area contributed by atoms with Crippen molar-refractivity contribution in [2.45, 2.75) is 37.8 Å². The van der Waals surface area contributed by atoms with Gasteiger partial charge in [-0.2, -0.15) is 0 Å². The standard InChI is InChI=1S/C13H25N3O2/c1-18-9-7-15-13(17)10-16-8-3-5-12(16)11-4-2-6-14-11/h11-12,14H,2-10H2,1H3,(H,15,17). The minimum Gasteiger partial charge on any atom is -0.383 e. The summed E-state index contributed by atoms with van der Waals surface area (Å²) in [7, 11) is 1.65. The summed E-state index contributed by atoms with van der Waals surface area (Å²) < 4.78 is 4.93. The van der Waals surface area contributed by atoms with E-state index in [-0.39, 0.29) is 5.91 Å². The number of carbonyl (C=O) groups is 1. The molecule has 0 aromatic heterocycles. The van der Waals surface area contributed by atoms with Gasteiger partial charge in [0, 0.05) is 25.7 Å². The highest BCUT2D eigenvalue weighted by atomic mass is 16.5. The zero-order chi connectivity index (χ0) is 12.8. The van der Waals surface area contributed by atoms with Crippen molar-refractivity contribution in [3.05, 3.63) is 0 Å². The average molecular weight is 255 g/mol. The zero-order valence-corrected chi connectivity index (χ0v) is 11.3. The van der Waals surface area contributed by atoms with Gasteiger partial charge in [-0.15, -0.1) is 0 Å². The van der Waals surface area contributed by atoms with Gasteiger partial charge in [0.2, 0.25) is 5.91 Å². The van der Waals surface area contributed by atoms with Crippen LogP contribution in [0, 0.1) is 0 Å². The van der Waals surface area contributed by atoms with E-state index in [0.717, 1.165) is 13.1 Å². The first-order valence-corrected chi connectivity index (χ1v) is 7.04. The summed E-state index contributed by atoms with van der Waals surface area (Å²) in [6, 6.07) is 1.15. The second-order valence-electron chi connectivity index (χ2n) is 5.23. The molecule has 2 heterocycles. The van der Waals surface area contributed by atoms with E-state index in [1.807, 2.05) is 0 Å². The topological polar surface area (TPSA) is 53.6 Å². The summed E-state index contributed by atoms with van der Waals surface area (Å²) in [5, 5.41) is 6.46. The SMILES string of the molecule is COCCNC(=O)CN1CCCC1C1CCCN1. The lowest BCUT2D eigenvalue weighted by Crippen LogP contribution is -2.47. The smallest absolute Gasteiger partial charge is 0.234 e. The number of ether oxygens (including phenoxy) is 1. The maximum absolute atomic E-state index is 11.8. The normalized spacial score (nSPS) is 28.7. The van der Waals surface area contributed by atoms with Crippen molar-refractivity contribution in [3.63, 3.8) is 0 Å². The van der Waals surface area contributed by atoms with Crippen molar-refractivity contribution < 1.29 is 9.53 Å². The van der Waals surface area contributed by atoms with Crippen LogP contribution in [-0.4, -0.2) is 62.8 Å². The Morgan fingerprint density at radius 2 is 2.33 bits per heavy atom. The number of nitrogens with one attached hydrogen (secondary N) is 2. The molecule has 2 rings (SSSR count). The molecule has 0 aliphatic carbocycles. The fourth-order valence-corrected chi connectivity index (χ4v) is 3.08. The third-order valence-corrected chi connectivity index (χ3v) is 3.95. The first kappa shape index (κ1) is 13.8. The van der Waals surface area contributed by atoms with E-state index in [0.29, 0.717) is 31.8 Å². The number of hydrogen-bond donors (Lipinski definition) is 2. The molecule has 0 aromatic carbocycles. The van der Waals surface area contributed by atoms with Gasteiger partial charge >= 0.3 is 0 Å². The van der Waals surface area contributed by atoms with E-state index >= 15 is 0 Å². The lowest BCUT2D eigenvalue weighted by atomic mass is 10.0. The molecule has 0 aromatic rings. The summed E-state index contributed by atoms with van der Waals surface area (Å²) in [5.41, 5.74) is 0. The van der Waals surface area contributed by atoms with Crippen LogP contribution >= 0.6 is 0 Å². The van der Waals surface area contributed by atoms with E-state index in [1.54, 1.807) is 7.11 Å². The summed E-state index contributed by atoms with van der Waals surface area (Å²) in [6.45, 7) is 3.91. The largest absolute Gasteiger partial charge is 0.383 e. The van der Waals surface area contributed by atoms with Gasteiger partial charge in [0.15, 0.2) is 0 Å². The van der Waals surface area contributed by atoms with Crippen LogP contribution in [0.5, 0.6) is 0 Å². The minimum atomic E-state index is 0.122. The monoisotopic (exact) mass is 255 g/mol. The Labute approximate surface area is 109 Å². The molecule has 2 N–H and O–H groups in total. The molecule has 18 heavy (non-hydrogen) atoms. The number of amides is 1. The minimum absolute atomic E-state index is 0.122. The maximum Gasteiger partial charge on any atom is 0.234 e. The number of rotatable bonds is 6. The molecule has 2 aliphatic heterocycles. The molecular formula is C13H25N3O2. The number of nitrogens with zero attached hydrogens (tertiary/aromatic N) is 1. The number of carbonyl (C=O) groups excluding carboxylic acids is 1. The summed E-state index contributed by atoms with van der Waals surface area (Å²) in [5.74, 6) is 0.122. The average Bonchev–Trinajstić information content (AvgIpc) is 2.99. The summed E-state index contributed by atoms with van der Waals surface area (Å²) >= 11 is 0. The molecular weight excluding hydrogens is 230 g/mol. The van der Waals surface area contributed by atoms with E-state index in [1.165, 1.54) is 25.7 Å². The van der Waals surface area contributed by atoms with Gasteiger partial charge in [-0.1, -0.05) is 0 Å². The fraction of sp³-hybridized carbons (Fsp3) is 0.923. The van der Waals surface area contributed by atoms with Crippen molar-refractivity contribution in [3.8, 4) is 0 Å². The highest BCUT2D eigenvalue weighted by Crippen LogP contribution is 2.24. The molecule has 0 saturated carbocycles. The van der Waals surface area contributed by atoms with Crippen molar-refractivity contribution in [2.24, 2.45) is 0 Å². The van der Waals surface area contributed by atoms with Crippen molar-refractivity contribution in [1.29, 1.82) is 0 Å². The van der Waals surface area contributed by atoms with Crippen LogP contribution in [0.25, 0.3) is 0 Å². The van der Waals surface area contributed by atoms with Crippen molar-refractivity contribution >= 4 is 5.91 Å². The lowest BCUT2D eigenvalue weighted by molar-refractivity contribution is -0.122. The quantitative estimate of drug-likeness (QED) is 0.654. The fourth-order valence-electron chi connectivity index (χ4n) is 3.08. The van der Waals surface area contributed by atoms with Gasteiger partial charge in [0.25, 0.3) is 0 Å². The maximum atomic E-state index is 11.8. The Hall–Kier alpha value is -0.650. The van der Waals surface area contributed by atoms with Crippen LogP contribution in [0.2, 0.25) is 0 Å². The molecule has 2 fully saturated rings. The molecule has 1 amide bonds. The molecule has 0 spiro atoms. The van der Waals surface area contributed by atoms with Crippen molar-refractivity contribution in [2.75, 3.05) is 39.9 Å². The molecule has 2 saturated heterocycles. The Morgan fingerprint density at radius 3 is 3.06 bits per heavy atom. The van der Waals surface area contributed by atoms with Gasteiger partial charge < -0.3 is 15.4 Å². The molecule has 104 valence electrons. The van der Waals surface area contributed by atoms with Crippen LogP contribution in [0.15, 0.2) is 0 Å². The third-order valence-electron chi connectivity index (χ3n) is 3.95. The highest BCUT2D eigenvalue weighted by Gasteiger charge is 2.33. The summed E-state index contributed by atoms with van der Waals surface area (Å²) in [4.78, 5) is 14.1. The van der Waals surface area contributed by atoms with Crippen LogP contribution in [0.1, 0.15) is 25.7 Å². The molecule has 0 radical (unpaired) electrons. The van der Waals surface area contributed by atoms with Gasteiger partial charge in [-0.25, -0.2) is 0 Å². The van der Waals surface area contributed by atoms with Crippen LogP contribution in [-0.2, 0) is 9.53 Å². The van der Waals surface area contributed by atoms with Gasteiger partial charge in [0.05, 0.1) is 13.2 Å². The lowest BCUT2D eigenvalue weighted by Gasteiger charge is -2.28. The molecule has 2 unspecified atom stereocenters. The molecule has 0 bridgehead atoms. The van der Waals surface area contributed by atoms with E-state index in [2.05, 4.69) is 15.5 Å². The van der Waals surface area contributed by atoms with Crippen LogP contribution < -0.4 is 10.6 Å². The highest BCUT2D eigenvalue weighted by molar-refractivity contribution is 5.78. The molecule has 2 atom stereocenters. The molecule has 2 aliphatic rings. The van der Waals surface area contributed by atoms with Crippen LogP contribution in [0.3, 0.4) is 0 Å². The second kappa shape index (κ2) is 7.07. The third kappa shape index (κ3) is 3.67. The number of hydrogen-bond acceptors (Lipinski definition) is 4. The first-order chi connectivity index (χ1) is 8.81. The Balaban J connectivity index is 1.74. The Kier molecular flexibility index (Phi) is 5.41. The van der Waals surface area contributed by atoms with Gasteiger partial charge in [0.1, 0.15) is 0 Å². The predicted octanol–water partition coefficient (Wildman–Crippen LogP) is -0.0346. The summed E-state index contributed by atoms with van der Waals surface area (Å²) in [6.07, 6.45) is 4.97. The van der Waals surface area contributed by atoms with Crippen molar-refractivity contribution in [1.82, 2.24) is 15.5 Å². The van der Waals surface area contributed by atoms with Gasteiger partial charge in [-0.3, -0.25) is 9.69 Å². The van der Waals surface area contributed by atoms with E-state index in [9.17, 15) is 4.79 Å². The van der Waals surface area contributed by atoms with E-state index in [4.69, 9.17) is 4.74 Å². The molecule has 5 nitrogen and oxygen atoms in total. The number of likely N-dealkylation sites (tertiary alicyclic amines) is 1. The first-order valence-electron chi connectivity index (χ1n) is 7.04. The number of methoxy groups -OCH3 is 1. The van der Waals surface area contributed by atoms with Crippen LogP contribution in [0.4, 0.5) is 0 Å². The van der Waals surface area contributed by atoms with E-state index < -0.39 is 0 Å². The predicted molar refractivity (Wildman–Crippen MR) is 70.5 cm³/mol. The van der Waals surface area contributed by atoms with Gasteiger partial charge in [-0.05, 0) is 38.8 Å². The Bertz CT molecular complexity index is 267. The second-order valence-corrected chi connectivity index (χ2v) is 5.23.